The molecule has 1 fully saturated rings. The molecule has 2 unspecified atom stereocenters. The molecule has 0 spiro atoms. The molecule has 2 nitrogen and oxygen atoms in total. The fraction of sp³-hybridized carbons (Fsp3) is 1.00. The van der Waals surface area contributed by atoms with Crippen molar-refractivity contribution in [3.63, 3.8) is 0 Å². The second-order valence-corrected chi connectivity index (χ2v) is 5.51. The van der Waals surface area contributed by atoms with Gasteiger partial charge in [-0.2, -0.15) is 0 Å². The van der Waals surface area contributed by atoms with Gasteiger partial charge in [0.15, 0.2) is 0 Å². The Morgan fingerprint density at radius 3 is 2.13 bits per heavy atom. The molecule has 2 heteroatoms. The summed E-state index contributed by atoms with van der Waals surface area (Å²) in [5.74, 6) is 0. The molecule has 0 aliphatic heterocycles. The maximum absolute atomic E-state index is 5.53. The molecule has 0 saturated heterocycles. The van der Waals surface area contributed by atoms with Crippen molar-refractivity contribution >= 4 is 0 Å². The lowest BCUT2D eigenvalue weighted by atomic mass is 10.1. The minimum Gasteiger partial charge on any atom is -0.328 e. The first kappa shape index (κ1) is 14.9. The number of hydrogen-bond acceptors (Lipinski definition) is 2. The molecule has 0 bridgehead atoms. The van der Waals surface area contributed by atoms with Crippen LogP contribution in [0.4, 0.5) is 0 Å². The van der Waals surface area contributed by atoms with E-state index in [2.05, 4.69) is 33.0 Å². The highest BCUT2D eigenvalue weighted by Gasteiger charge is 2.44. The molecule has 0 aromatic rings. The van der Waals surface area contributed by atoms with Crippen LogP contribution in [0.15, 0.2) is 0 Å². The zero-order chi connectivity index (χ0) is 11.9. The molecule has 0 aromatic carbocycles. The van der Waals surface area contributed by atoms with Crippen molar-refractivity contribution < 1.29 is 0 Å². The molecule has 1 aliphatic carbocycles. The first-order valence-electron chi connectivity index (χ1n) is 6.37. The van der Waals surface area contributed by atoms with Crippen LogP contribution in [0.25, 0.3) is 0 Å². The highest BCUT2D eigenvalue weighted by atomic mass is 15.0. The molecule has 2 atom stereocenters. The SMILES string of the molecule is CCCCCC(C)N.CNC1CC1(C)C. The van der Waals surface area contributed by atoms with E-state index in [0.717, 1.165) is 6.04 Å². The number of hydrogen-bond donors (Lipinski definition) is 2. The first-order chi connectivity index (χ1) is 6.94. The summed E-state index contributed by atoms with van der Waals surface area (Å²) < 4.78 is 0. The summed E-state index contributed by atoms with van der Waals surface area (Å²) in [4.78, 5) is 0. The third-order valence-electron chi connectivity index (χ3n) is 3.12. The van der Waals surface area contributed by atoms with Crippen molar-refractivity contribution in [3.05, 3.63) is 0 Å². The maximum atomic E-state index is 5.53. The highest BCUT2D eigenvalue weighted by Crippen LogP contribution is 2.44. The zero-order valence-corrected chi connectivity index (χ0v) is 11.3. The molecule has 15 heavy (non-hydrogen) atoms. The molecule has 0 amide bonds. The largest absolute Gasteiger partial charge is 0.328 e. The minimum absolute atomic E-state index is 0.404. The summed E-state index contributed by atoms with van der Waals surface area (Å²) in [6.45, 7) is 8.85. The van der Waals surface area contributed by atoms with Crippen LogP contribution < -0.4 is 11.1 Å². The Morgan fingerprint density at radius 2 is 1.93 bits per heavy atom. The Kier molecular flexibility index (Phi) is 7.20. The molecular weight excluding hydrogens is 184 g/mol. The van der Waals surface area contributed by atoms with Crippen LogP contribution in [0, 0.1) is 5.41 Å². The van der Waals surface area contributed by atoms with Crippen molar-refractivity contribution in [1.82, 2.24) is 5.32 Å². The van der Waals surface area contributed by atoms with Crippen molar-refractivity contribution in [3.8, 4) is 0 Å². The van der Waals surface area contributed by atoms with Gasteiger partial charge in [0, 0.05) is 12.1 Å². The van der Waals surface area contributed by atoms with E-state index in [4.69, 9.17) is 5.73 Å². The van der Waals surface area contributed by atoms with Crippen molar-refractivity contribution in [2.45, 2.75) is 71.9 Å². The monoisotopic (exact) mass is 214 g/mol. The quantitative estimate of drug-likeness (QED) is 0.691. The molecule has 0 heterocycles. The van der Waals surface area contributed by atoms with Crippen LogP contribution in [0.5, 0.6) is 0 Å². The van der Waals surface area contributed by atoms with E-state index in [1.807, 2.05) is 7.05 Å². The van der Waals surface area contributed by atoms with Gasteiger partial charge in [0.1, 0.15) is 0 Å². The van der Waals surface area contributed by atoms with Crippen LogP contribution >= 0.6 is 0 Å². The predicted octanol–water partition coefficient (Wildman–Crippen LogP) is 2.92. The van der Waals surface area contributed by atoms with Gasteiger partial charge in [-0.05, 0) is 32.2 Å². The average molecular weight is 214 g/mol. The third kappa shape index (κ3) is 7.80. The normalized spacial score (nSPS) is 24.0. The van der Waals surface area contributed by atoms with Gasteiger partial charge in [0.2, 0.25) is 0 Å². The van der Waals surface area contributed by atoms with Gasteiger partial charge in [0.25, 0.3) is 0 Å². The summed E-state index contributed by atoms with van der Waals surface area (Å²) >= 11 is 0. The summed E-state index contributed by atoms with van der Waals surface area (Å²) in [5.41, 5.74) is 6.14. The number of unbranched alkanes of at least 4 members (excludes halogenated alkanes) is 2. The van der Waals surface area contributed by atoms with E-state index in [1.54, 1.807) is 0 Å². The molecule has 1 rings (SSSR count). The van der Waals surface area contributed by atoms with Gasteiger partial charge in [0.05, 0.1) is 0 Å². The third-order valence-corrected chi connectivity index (χ3v) is 3.12. The van der Waals surface area contributed by atoms with Gasteiger partial charge in [-0.3, -0.25) is 0 Å². The maximum Gasteiger partial charge on any atom is 0.0121 e. The van der Waals surface area contributed by atoms with E-state index >= 15 is 0 Å². The second-order valence-electron chi connectivity index (χ2n) is 5.51. The van der Waals surface area contributed by atoms with Gasteiger partial charge in [-0.25, -0.2) is 0 Å². The molecule has 92 valence electrons. The Bertz CT molecular complexity index is 153. The van der Waals surface area contributed by atoms with Gasteiger partial charge >= 0.3 is 0 Å². The molecule has 1 aliphatic rings. The van der Waals surface area contributed by atoms with Crippen molar-refractivity contribution in [2.24, 2.45) is 11.1 Å². The van der Waals surface area contributed by atoms with Crippen molar-refractivity contribution in [1.29, 1.82) is 0 Å². The Hall–Kier alpha value is -0.0800. The average Bonchev–Trinajstić information content (AvgIpc) is 2.75. The van der Waals surface area contributed by atoms with Gasteiger partial charge < -0.3 is 11.1 Å². The first-order valence-corrected chi connectivity index (χ1v) is 6.37. The molecule has 1 saturated carbocycles. The van der Waals surface area contributed by atoms with Crippen LogP contribution in [0.3, 0.4) is 0 Å². The lowest BCUT2D eigenvalue weighted by molar-refractivity contribution is 0.575. The lowest BCUT2D eigenvalue weighted by Crippen LogP contribution is -2.13. The van der Waals surface area contributed by atoms with E-state index in [0.29, 0.717) is 11.5 Å². The molecule has 0 radical (unpaired) electrons. The van der Waals surface area contributed by atoms with Crippen LogP contribution in [-0.4, -0.2) is 19.1 Å². The van der Waals surface area contributed by atoms with E-state index in [1.165, 1.54) is 32.1 Å². The van der Waals surface area contributed by atoms with E-state index < -0.39 is 0 Å². The van der Waals surface area contributed by atoms with Crippen LogP contribution in [0.2, 0.25) is 0 Å². The number of nitrogens with one attached hydrogen (secondary N) is 1. The summed E-state index contributed by atoms with van der Waals surface area (Å²) in [7, 11) is 2.03. The summed E-state index contributed by atoms with van der Waals surface area (Å²) in [6, 6.07) is 1.20. The highest BCUT2D eigenvalue weighted by molar-refractivity contribution is 5.00. The van der Waals surface area contributed by atoms with Crippen LogP contribution in [0.1, 0.15) is 59.8 Å². The molecule has 0 aromatic heterocycles. The topological polar surface area (TPSA) is 38.0 Å². The Labute approximate surface area is 96.0 Å². The predicted molar refractivity (Wildman–Crippen MR) is 69.0 cm³/mol. The Morgan fingerprint density at radius 1 is 1.40 bits per heavy atom. The Balaban J connectivity index is 0.000000262. The summed E-state index contributed by atoms with van der Waals surface area (Å²) in [5, 5.41) is 3.23. The molecular formula is C13H30N2. The van der Waals surface area contributed by atoms with E-state index in [9.17, 15) is 0 Å². The minimum atomic E-state index is 0.404. The second kappa shape index (κ2) is 7.24. The fourth-order valence-corrected chi connectivity index (χ4v) is 1.68. The van der Waals surface area contributed by atoms with E-state index in [-0.39, 0.29) is 0 Å². The molecule has 3 N–H and O–H groups in total. The zero-order valence-electron chi connectivity index (χ0n) is 11.3. The van der Waals surface area contributed by atoms with Gasteiger partial charge in [-0.1, -0.05) is 40.0 Å². The number of nitrogens with two attached hydrogens (primary N) is 1. The van der Waals surface area contributed by atoms with Gasteiger partial charge in [-0.15, -0.1) is 0 Å². The smallest absolute Gasteiger partial charge is 0.0121 e. The van der Waals surface area contributed by atoms with Crippen LogP contribution in [-0.2, 0) is 0 Å². The lowest BCUT2D eigenvalue weighted by Gasteiger charge is -2.01. The van der Waals surface area contributed by atoms with Crippen molar-refractivity contribution in [2.75, 3.05) is 7.05 Å². The standard InChI is InChI=1S/C7H17N.C6H13N/c1-3-4-5-6-7(2)8;1-6(2)4-5(6)7-3/h7H,3-6,8H2,1-2H3;5,7H,4H2,1-3H3. The fourth-order valence-electron chi connectivity index (χ4n) is 1.68. The summed E-state index contributed by atoms with van der Waals surface area (Å²) in [6.07, 6.45) is 6.47. The number of rotatable bonds is 5.